The van der Waals surface area contributed by atoms with Crippen LogP contribution in [-0.2, 0) is 0 Å². The van der Waals surface area contributed by atoms with Crippen molar-refractivity contribution in [1.82, 2.24) is 0 Å². The number of benzene rings is 2. The van der Waals surface area contributed by atoms with E-state index in [0.717, 1.165) is 34.8 Å². The van der Waals surface area contributed by atoms with E-state index in [0.29, 0.717) is 6.54 Å². The minimum atomic E-state index is 0.141. The Labute approximate surface area is 130 Å². The number of hydrogen-bond acceptors (Lipinski definition) is 3. The van der Waals surface area contributed by atoms with Crippen LogP contribution in [0.2, 0.25) is 5.02 Å². The van der Waals surface area contributed by atoms with E-state index in [2.05, 4.69) is 23.2 Å². The van der Waals surface area contributed by atoms with Crippen LogP contribution in [0.1, 0.15) is 24.4 Å². The fourth-order valence-electron chi connectivity index (χ4n) is 2.70. The molecular formula is C17H18ClN3. The average Bonchev–Trinajstić information content (AvgIpc) is 2.93. The highest BCUT2D eigenvalue weighted by atomic mass is 35.5. The second-order valence-electron chi connectivity index (χ2n) is 5.13. The van der Waals surface area contributed by atoms with Crippen molar-refractivity contribution < 1.29 is 0 Å². The van der Waals surface area contributed by atoms with Gasteiger partial charge in [-0.25, -0.2) is 0 Å². The van der Waals surface area contributed by atoms with Crippen LogP contribution in [0.15, 0.2) is 59.7 Å². The molecule has 0 aromatic heterocycles. The van der Waals surface area contributed by atoms with Crippen molar-refractivity contribution in [3.05, 3.63) is 65.2 Å². The third kappa shape index (κ3) is 2.94. The molecule has 0 bridgehead atoms. The summed E-state index contributed by atoms with van der Waals surface area (Å²) >= 11 is 6.38. The molecule has 0 saturated heterocycles. The average molecular weight is 300 g/mol. The van der Waals surface area contributed by atoms with Crippen LogP contribution in [0.4, 0.5) is 5.69 Å². The zero-order valence-electron chi connectivity index (χ0n) is 11.7. The van der Waals surface area contributed by atoms with Gasteiger partial charge in [-0.05, 0) is 36.7 Å². The Bertz CT molecular complexity index is 639. The van der Waals surface area contributed by atoms with E-state index < -0.39 is 0 Å². The number of hydrazone groups is 1. The number of nitrogens with zero attached hydrogens (tertiary/aromatic N) is 2. The van der Waals surface area contributed by atoms with Crippen molar-refractivity contribution in [2.45, 2.75) is 18.9 Å². The zero-order chi connectivity index (χ0) is 14.7. The van der Waals surface area contributed by atoms with E-state index >= 15 is 0 Å². The Morgan fingerprint density at radius 3 is 2.52 bits per heavy atom. The normalized spacial score (nSPS) is 17.9. The lowest BCUT2D eigenvalue weighted by atomic mass is 10.0. The van der Waals surface area contributed by atoms with Gasteiger partial charge in [0.15, 0.2) is 0 Å². The van der Waals surface area contributed by atoms with Crippen molar-refractivity contribution in [2.75, 3.05) is 11.6 Å². The van der Waals surface area contributed by atoms with Gasteiger partial charge in [-0.2, -0.15) is 5.10 Å². The molecule has 21 heavy (non-hydrogen) atoms. The summed E-state index contributed by atoms with van der Waals surface area (Å²) in [6, 6.07) is 18.3. The van der Waals surface area contributed by atoms with Gasteiger partial charge in [0.2, 0.25) is 0 Å². The molecule has 108 valence electrons. The summed E-state index contributed by atoms with van der Waals surface area (Å²) in [4.78, 5) is 0. The summed E-state index contributed by atoms with van der Waals surface area (Å²) in [5, 5.41) is 7.60. The lowest BCUT2D eigenvalue weighted by molar-refractivity contribution is 0.708. The lowest BCUT2D eigenvalue weighted by Gasteiger charge is -2.24. The van der Waals surface area contributed by atoms with Crippen molar-refractivity contribution in [1.29, 1.82) is 0 Å². The second-order valence-corrected chi connectivity index (χ2v) is 5.53. The molecule has 2 N–H and O–H groups in total. The zero-order valence-corrected chi connectivity index (χ0v) is 12.5. The molecule has 0 saturated carbocycles. The topological polar surface area (TPSA) is 41.6 Å². The molecule has 3 rings (SSSR count). The van der Waals surface area contributed by atoms with E-state index in [4.69, 9.17) is 22.4 Å². The fraction of sp³-hybridized carbons (Fsp3) is 0.235. The Kier molecular flexibility index (Phi) is 4.23. The molecule has 4 heteroatoms. The van der Waals surface area contributed by atoms with E-state index in [9.17, 15) is 0 Å². The largest absolute Gasteiger partial charge is 0.330 e. The van der Waals surface area contributed by atoms with E-state index in [1.807, 2.05) is 36.4 Å². The van der Waals surface area contributed by atoms with Gasteiger partial charge in [-0.1, -0.05) is 48.0 Å². The molecule has 1 unspecified atom stereocenters. The summed E-state index contributed by atoms with van der Waals surface area (Å²) < 4.78 is 0. The summed E-state index contributed by atoms with van der Waals surface area (Å²) in [6.07, 6.45) is 1.69. The van der Waals surface area contributed by atoms with Crippen LogP contribution >= 0.6 is 11.6 Å². The first-order chi connectivity index (χ1) is 10.3. The van der Waals surface area contributed by atoms with Gasteiger partial charge in [0.25, 0.3) is 0 Å². The van der Waals surface area contributed by atoms with Gasteiger partial charge in [0.1, 0.15) is 0 Å². The monoisotopic (exact) mass is 299 g/mol. The number of para-hydroxylation sites is 1. The van der Waals surface area contributed by atoms with E-state index in [1.165, 1.54) is 0 Å². The number of halogens is 1. The van der Waals surface area contributed by atoms with Gasteiger partial charge in [0, 0.05) is 17.2 Å². The third-order valence-electron chi connectivity index (χ3n) is 3.69. The predicted molar refractivity (Wildman–Crippen MR) is 88.8 cm³/mol. The van der Waals surface area contributed by atoms with Crippen LogP contribution in [0.5, 0.6) is 0 Å². The number of rotatable bonds is 4. The maximum Gasteiger partial charge on any atom is 0.0842 e. The van der Waals surface area contributed by atoms with Crippen molar-refractivity contribution in [3.8, 4) is 0 Å². The van der Waals surface area contributed by atoms with Gasteiger partial charge in [-0.15, -0.1) is 0 Å². The first-order valence-electron chi connectivity index (χ1n) is 7.14. The quantitative estimate of drug-likeness (QED) is 0.927. The molecule has 1 atom stereocenters. The highest BCUT2D eigenvalue weighted by molar-refractivity contribution is 6.31. The minimum Gasteiger partial charge on any atom is -0.330 e. The van der Waals surface area contributed by atoms with Crippen LogP contribution in [0.25, 0.3) is 0 Å². The summed E-state index contributed by atoms with van der Waals surface area (Å²) in [5.41, 5.74) is 9.00. The van der Waals surface area contributed by atoms with Gasteiger partial charge < -0.3 is 5.73 Å². The standard InChI is InChI=1S/C17H18ClN3/c18-16-9-5-4-8-15(16)17-12-13(10-11-19)20-21(17)14-6-2-1-3-7-14/h1-9,17H,10-12,19H2. The minimum absolute atomic E-state index is 0.141. The van der Waals surface area contributed by atoms with Gasteiger partial charge in [0.05, 0.1) is 11.7 Å². The van der Waals surface area contributed by atoms with Crippen LogP contribution in [0.3, 0.4) is 0 Å². The Morgan fingerprint density at radius 2 is 1.81 bits per heavy atom. The smallest absolute Gasteiger partial charge is 0.0842 e. The first-order valence-corrected chi connectivity index (χ1v) is 7.52. The number of nitrogens with two attached hydrogens (primary N) is 1. The summed E-state index contributed by atoms with van der Waals surface area (Å²) in [5.74, 6) is 0. The molecule has 0 spiro atoms. The third-order valence-corrected chi connectivity index (χ3v) is 4.04. The molecule has 0 aliphatic carbocycles. The molecule has 0 fully saturated rings. The number of hydrogen-bond donors (Lipinski definition) is 1. The molecule has 1 heterocycles. The van der Waals surface area contributed by atoms with Crippen LogP contribution in [-0.4, -0.2) is 12.3 Å². The van der Waals surface area contributed by atoms with Crippen LogP contribution in [0, 0.1) is 0 Å². The van der Waals surface area contributed by atoms with Gasteiger partial charge in [-0.3, -0.25) is 5.01 Å². The molecule has 3 nitrogen and oxygen atoms in total. The van der Waals surface area contributed by atoms with Crippen molar-refractivity contribution >= 4 is 23.0 Å². The van der Waals surface area contributed by atoms with Crippen LogP contribution < -0.4 is 10.7 Å². The second kappa shape index (κ2) is 6.29. The Morgan fingerprint density at radius 1 is 1.10 bits per heavy atom. The molecule has 1 aliphatic rings. The van der Waals surface area contributed by atoms with Crippen molar-refractivity contribution in [3.63, 3.8) is 0 Å². The Hall–Kier alpha value is -1.84. The molecule has 1 aliphatic heterocycles. The highest BCUT2D eigenvalue weighted by Crippen LogP contribution is 2.38. The fourth-order valence-corrected chi connectivity index (χ4v) is 2.96. The summed E-state index contributed by atoms with van der Waals surface area (Å²) in [7, 11) is 0. The summed E-state index contributed by atoms with van der Waals surface area (Å²) in [6.45, 7) is 0.622. The molecule has 2 aromatic rings. The van der Waals surface area contributed by atoms with Gasteiger partial charge >= 0.3 is 0 Å². The first kappa shape index (κ1) is 14.1. The Balaban J connectivity index is 1.98. The SMILES string of the molecule is NCCC1=NN(c2ccccc2)C(c2ccccc2Cl)C1. The van der Waals surface area contributed by atoms with E-state index in [-0.39, 0.29) is 6.04 Å². The molecular weight excluding hydrogens is 282 g/mol. The molecule has 0 amide bonds. The lowest BCUT2D eigenvalue weighted by Crippen LogP contribution is -2.18. The molecule has 0 radical (unpaired) electrons. The van der Waals surface area contributed by atoms with E-state index in [1.54, 1.807) is 0 Å². The van der Waals surface area contributed by atoms with Crippen molar-refractivity contribution in [2.24, 2.45) is 10.8 Å². The predicted octanol–water partition coefficient (Wildman–Crippen LogP) is 4.00. The molecule has 2 aromatic carbocycles. The highest BCUT2D eigenvalue weighted by Gasteiger charge is 2.29. The maximum absolute atomic E-state index is 6.38. The maximum atomic E-state index is 6.38. The number of anilines is 1.